The minimum Gasteiger partial charge on any atom is -0.449 e. The zero-order valence-electron chi connectivity index (χ0n) is 19.9. The Labute approximate surface area is 214 Å². The van der Waals surface area contributed by atoms with Gasteiger partial charge >= 0.3 is 5.97 Å². The molecule has 0 aliphatic heterocycles. The van der Waals surface area contributed by atoms with Crippen LogP contribution < -0.4 is 10.0 Å². The second-order valence-corrected chi connectivity index (χ2v) is 12.9. The van der Waals surface area contributed by atoms with Gasteiger partial charge in [-0.25, -0.2) is 25.9 Å². The van der Waals surface area contributed by atoms with Crippen LogP contribution in [0, 0.1) is 6.92 Å². The Kier molecular flexibility index (Phi) is 8.19. The van der Waals surface area contributed by atoms with E-state index in [0.29, 0.717) is 5.56 Å². The van der Waals surface area contributed by atoms with Crippen molar-refractivity contribution in [2.24, 2.45) is 0 Å². The normalized spacial score (nSPS) is 12.7. The minimum atomic E-state index is -3.91. The van der Waals surface area contributed by atoms with Crippen LogP contribution in [0.25, 0.3) is 0 Å². The zero-order chi connectivity index (χ0) is 26.7. The molecule has 13 heteroatoms. The van der Waals surface area contributed by atoms with Crippen LogP contribution in [0.15, 0.2) is 69.1 Å². The van der Waals surface area contributed by atoms with Gasteiger partial charge in [-0.2, -0.15) is 0 Å². The summed E-state index contributed by atoms with van der Waals surface area (Å²) in [5.41, 5.74) is 0.774. The number of para-hydroxylation sites is 1. The monoisotopic (exact) mass is 551 g/mol. The Bertz CT molecular complexity index is 1480. The maximum absolute atomic E-state index is 12.8. The molecule has 0 spiro atoms. The van der Waals surface area contributed by atoms with E-state index in [9.17, 15) is 26.4 Å². The Morgan fingerprint density at radius 3 is 2.31 bits per heavy atom. The highest BCUT2D eigenvalue weighted by Crippen LogP contribution is 2.25. The number of hydrogen-bond donors (Lipinski definition) is 2. The van der Waals surface area contributed by atoms with Crippen LogP contribution in [0.2, 0.25) is 0 Å². The van der Waals surface area contributed by atoms with Crippen molar-refractivity contribution in [1.29, 1.82) is 0 Å². The van der Waals surface area contributed by atoms with Crippen molar-refractivity contribution in [2.45, 2.75) is 29.1 Å². The van der Waals surface area contributed by atoms with Crippen LogP contribution >= 0.6 is 11.3 Å². The third-order valence-corrected chi connectivity index (χ3v) is 9.62. The third kappa shape index (κ3) is 6.10. The van der Waals surface area contributed by atoms with E-state index in [4.69, 9.17) is 4.74 Å². The maximum Gasteiger partial charge on any atom is 0.341 e. The Balaban J connectivity index is 1.76. The number of amides is 1. The number of benzene rings is 2. The smallest absolute Gasteiger partial charge is 0.341 e. The number of ether oxygens (including phenoxy) is 1. The first kappa shape index (κ1) is 27.3. The largest absolute Gasteiger partial charge is 0.449 e. The van der Waals surface area contributed by atoms with Crippen LogP contribution in [-0.2, 0) is 29.6 Å². The lowest BCUT2D eigenvalue weighted by Crippen LogP contribution is -2.30. The second-order valence-electron chi connectivity index (χ2n) is 7.88. The number of sulfonamides is 2. The molecule has 0 saturated carbocycles. The standard InChI is InChI=1S/C23H25N3O7S3/c1-15-11-12-17(36(31,32)26(3)4)14-20(15)24-22(27)16(2)33-23(28)18-8-5-6-9-19(18)25-35(29,30)21-10-7-13-34-21/h5-14,16,25H,1-4H3,(H,24,27). The fourth-order valence-corrected chi connectivity index (χ4v) is 5.98. The van der Waals surface area contributed by atoms with Crippen molar-refractivity contribution < 1.29 is 31.2 Å². The van der Waals surface area contributed by atoms with Gasteiger partial charge in [-0.15, -0.1) is 11.3 Å². The fourth-order valence-electron chi connectivity index (χ4n) is 2.98. The fraction of sp³-hybridized carbons (Fsp3) is 0.217. The Morgan fingerprint density at radius 2 is 1.67 bits per heavy atom. The number of esters is 1. The van der Waals surface area contributed by atoms with E-state index >= 15 is 0 Å². The number of nitrogens with zero attached hydrogens (tertiary/aromatic N) is 1. The topological polar surface area (TPSA) is 139 Å². The first-order valence-electron chi connectivity index (χ1n) is 10.5. The van der Waals surface area contributed by atoms with Crippen LogP contribution in [0.5, 0.6) is 0 Å². The molecule has 1 aromatic heterocycles. The summed E-state index contributed by atoms with van der Waals surface area (Å²) in [6, 6.07) is 13.2. The van der Waals surface area contributed by atoms with Gasteiger partial charge < -0.3 is 10.1 Å². The van der Waals surface area contributed by atoms with Crippen molar-refractivity contribution in [1.82, 2.24) is 4.31 Å². The van der Waals surface area contributed by atoms with Crippen LogP contribution in [0.1, 0.15) is 22.8 Å². The number of aryl methyl sites for hydroxylation is 1. The van der Waals surface area contributed by atoms with Gasteiger partial charge in [0.15, 0.2) is 6.10 Å². The molecule has 2 aromatic carbocycles. The van der Waals surface area contributed by atoms with Gasteiger partial charge in [0.05, 0.1) is 16.1 Å². The summed E-state index contributed by atoms with van der Waals surface area (Å²) in [4.78, 5) is 25.5. The number of anilines is 2. The van der Waals surface area contributed by atoms with Crippen molar-refractivity contribution in [2.75, 3.05) is 24.1 Å². The van der Waals surface area contributed by atoms with E-state index in [-0.39, 0.29) is 26.0 Å². The molecule has 1 amide bonds. The molecule has 0 aliphatic rings. The van der Waals surface area contributed by atoms with Gasteiger partial charge in [0.25, 0.3) is 15.9 Å². The van der Waals surface area contributed by atoms with E-state index in [1.165, 1.54) is 57.4 Å². The molecule has 10 nitrogen and oxygen atoms in total. The molecule has 1 heterocycles. The summed E-state index contributed by atoms with van der Waals surface area (Å²) in [6.45, 7) is 3.04. The summed E-state index contributed by atoms with van der Waals surface area (Å²) >= 11 is 1.02. The molecule has 0 saturated heterocycles. The van der Waals surface area contributed by atoms with E-state index in [0.717, 1.165) is 15.6 Å². The molecule has 1 unspecified atom stereocenters. The van der Waals surface area contributed by atoms with Crippen molar-refractivity contribution >= 4 is 54.6 Å². The van der Waals surface area contributed by atoms with E-state index in [1.807, 2.05) is 0 Å². The summed E-state index contributed by atoms with van der Waals surface area (Å²) < 4.78 is 58.8. The van der Waals surface area contributed by atoms with Gasteiger partial charge in [-0.1, -0.05) is 24.3 Å². The number of carbonyl (C=O) groups is 2. The van der Waals surface area contributed by atoms with E-state index in [1.54, 1.807) is 30.5 Å². The molecule has 3 aromatic rings. The van der Waals surface area contributed by atoms with Gasteiger partial charge in [0.2, 0.25) is 10.0 Å². The van der Waals surface area contributed by atoms with Gasteiger partial charge in [-0.05, 0) is 55.1 Å². The Hall–Kier alpha value is -3.26. The predicted molar refractivity (Wildman–Crippen MR) is 137 cm³/mol. The predicted octanol–water partition coefficient (Wildman–Crippen LogP) is 3.29. The molecule has 1 atom stereocenters. The van der Waals surface area contributed by atoms with Gasteiger partial charge in [0.1, 0.15) is 4.21 Å². The third-order valence-electron chi connectivity index (χ3n) is 5.05. The summed E-state index contributed by atoms with van der Waals surface area (Å²) in [6.07, 6.45) is -1.27. The molecule has 2 N–H and O–H groups in total. The van der Waals surface area contributed by atoms with Gasteiger partial charge in [-0.3, -0.25) is 9.52 Å². The molecule has 0 bridgehead atoms. The number of rotatable bonds is 9. The molecule has 0 fully saturated rings. The molecule has 192 valence electrons. The molecule has 0 radical (unpaired) electrons. The number of nitrogens with one attached hydrogen (secondary N) is 2. The highest BCUT2D eigenvalue weighted by Gasteiger charge is 2.25. The van der Waals surface area contributed by atoms with E-state index < -0.39 is 38.0 Å². The average Bonchev–Trinajstić information content (AvgIpc) is 3.36. The highest BCUT2D eigenvalue weighted by molar-refractivity contribution is 7.94. The van der Waals surface area contributed by atoms with Crippen molar-refractivity contribution in [3.63, 3.8) is 0 Å². The van der Waals surface area contributed by atoms with Crippen molar-refractivity contribution in [3.05, 3.63) is 71.1 Å². The van der Waals surface area contributed by atoms with E-state index in [2.05, 4.69) is 10.0 Å². The minimum absolute atomic E-state index is 0.000876. The summed E-state index contributed by atoms with van der Waals surface area (Å²) in [5.74, 6) is -1.61. The summed E-state index contributed by atoms with van der Waals surface area (Å²) in [7, 11) is -4.84. The van der Waals surface area contributed by atoms with Crippen molar-refractivity contribution in [3.8, 4) is 0 Å². The quantitative estimate of drug-likeness (QED) is 0.389. The van der Waals surface area contributed by atoms with Crippen LogP contribution in [-0.4, -0.2) is 53.2 Å². The zero-order valence-corrected chi connectivity index (χ0v) is 22.3. The number of thiophene rings is 1. The first-order chi connectivity index (χ1) is 16.8. The molecular weight excluding hydrogens is 526 g/mol. The van der Waals surface area contributed by atoms with Crippen LogP contribution in [0.3, 0.4) is 0 Å². The SMILES string of the molecule is Cc1ccc(S(=O)(=O)N(C)C)cc1NC(=O)C(C)OC(=O)c1ccccc1NS(=O)(=O)c1cccs1. The molecular formula is C23H25N3O7S3. The van der Waals surface area contributed by atoms with Crippen LogP contribution in [0.4, 0.5) is 11.4 Å². The lowest BCUT2D eigenvalue weighted by atomic mass is 10.2. The molecule has 0 aliphatic carbocycles. The van der Waals surface area contributed by atoms with Gasteiger partial charge in [0, 0.05) is 19.8 Å². The Morgan fingerprint density at radius 1 is 0.972 bits per heavy atom. The number of hydrogen-bond acceptors (Lipinski definition) is 8. The highest BCUT2D eigenvalue weighted by atomic mass is 32.2. The molecule has 36 heavy (non-hydrogen) atoms. The molecule has 3 rings (SSSR count). The maximum atomic E-state index is 12.8. The first-order valence-corrected chi connectivity index (χ1v) is 14.3. The second kappa shape index (κ2) is 10.8. The lowest BCUT2D eigenvalue weighted by molar-refractivity contribution is -0.123. The number of carbonyl (C=O) groups excluding carboxylic acids is 2. The lowest BCUT2D eigenvalue weighted by Gasteiger charge is -2.17. The average molecular weight is 552 g/mol. The summed E-state index contributed by atoms with van der Waals surface area (Å²) in [5, 5.41) is 4.19.